The van der Waals surface area contributed by atoms with E-state index >= 15 is 0 Å². The SMILES string of the molecule is CN(CCC1CCCCN1)CC(=O)Nc1ccccc1. The van der Waals surface area contributed by atoms with Gasteiger partial charge in [-0.1, -0.05) is 24.6 Å². The zero-order valence-electron chi connectivity index (χ0n) is 12.3. The van der Waals surface area contributed by atoms with E-state index in [2.05, 4.69) is 15.5 Å². The molecule has 1 fully saturated rings. The van der Waals surface area contributed by atoms with Gasteiger partial charge in [0.25, 0.3) is 0 Å². The van der Waals surface area contributed by atoms with E-state index in [1.54, 1.807) is 0 Å². The molecule has 1 saturated heterocycles. The summed E-state index contributed by atoms with van der Waals surface area (Å²) >= 11 is 0. The largest absolute Gasteiger partial charge is 0.325 e. The van der Waals surface area contributed by atoms with E-state index in [1.807, 2.05) is 37.4 Å². The first-order valence-corrected chi connectivity index (χ1v) is 7.51. The third kappa shape index (κ3) is 5.31. The van der Waals surface area contributed by atoms with Gasteiger partial charge in [-0.25, -0.2) is 0 Å². The van der Waals surface area contributed by atoms with Crippen LogP contribution in [0.1, 0.15) is 25.7 Å². The third-order valence-electron chi connectivity index (χ3n) is 3.74. The van der Waals surface area contributed by atoms with E-state index < -0.39 is 0 Å². The predicted molar refractivity (Wildman–Crippen MR) is 82.8 cm³/mol. The summed E-state index contributed by atoms with van der Waals surface area (Å²) in [6.45, 7) is 2.55. The number of piperidine rings is 1. The molecule has 4 heteroatoms. The summed E-state index contributed by atoms with van der Waals surface area (Å²) in [5.74, 6) is 0.0512. The van der Waals surface area contributed by atoms with Gasteiger partial charge in [0.1, 0.15) is 0 Å². The van der Waals surface area contributed by atoms with Crippen LogP contribution in [-0.2, 0) is 4.79 Å². The molecule has 1 aliphatic rings. The van der Waals surface area contributed by atoms with Crippen molar-refractivity contribution in [1.29, 1.82) is 0 Å². The third-order valence-corrected chi connectivity index (χ3v) is 3.74. The second-order valence-corrected chi connectivity index (χ2v) is 5.59. The van der Waals surface area contributed by atoms with Crippen LogP contribution in [-0.4, -0.2) is 43.5 Å². The normalized spacial score (nSPS) is 19.0. The maximum Gasteiger partial charge on any atom is 0.238 e. The highest BCUT2D eigenvalue weighted by Gasteiger charge is 2.14. The average Bonchev–Trinajstić information content (AvgIpc) is 2.47. The summed E-state index contributed by atoms with van der Waals surface area (Å²) in [6.07, 6.45) is 5.01. The topological polar surface area (TPSA) is 44.4 Å². The van der Waals surface area contributed by atoms with E-state index in [0.29, 0.717) is 12.6 Å². The minimum absolute atomic E-state index is 0.0512. The van der Waals surface area contributed by atoms with Gasteiger partial charge in [-0.3, -0.25) is 9.69 Å². The number of anilines is 1. The molecule has 0 bridgehead atoms. The molecule has 0 saturated carbocycles. The molecule has 110 valence electrons. The number of para-hydroxylation sites is 1. The van der Waals surface area contributed by atoms with Gasteiger partial charge < -0.3 is 10.6 Å². The molecule has 1 heterocycles. The van der Waals surface area contributed by atoms with E-state index in [9.17, 15) is 4.79 Å². The first-order valence-electron chi connectivity index (χ1n) is 7.51. The Bertz CT molecular complexity index is 401. The summed E-state index contributed by atoms with van der Waals surface area (Å²) in [6, 6.07) is 10.2. The number of nitrogens with one attached hydrogen (secondary N) is 2. The number of hydrogen-bond acceptors (Lipinski definition) is 3. The lowest BCUT2D eigenvalue weighted by Crippen LogP contribution is -2.38. The quantitative estimate of drug-likeness (QED) is 0.835. The standard InChI is InChI=1S/C16H25N3O/c1-19(12-10-14-7-5-6-11-17-14)13-16(20)18-15-8-3-2-4-9-15/h2-4,8-9,14,17H,5-7,10-13H2,1H3,(H,18,20). The van der Waals surface area contributed by atoms with Gasteiger partial charge >= 0.3 is 0 Å². The number of rotatable bonds is 6. The van der Waals surface area contributed by atoms with Gasteiger partial charge in [0, 0.05) is 11.7 Å². The molecule has 1 atom stereocenters. The van der Waals surface area contributed by atoms with Crippen LogP contribution < -0.4 is 10.6 Å². The van der Waals surface area contributed by atoms with Crippen molar-refractivity contribution in [3.63, 3.8) is 0 Å². The molecule has 1 aliphatic heterocycles. The molecule has 1 aromatic rings. The van der Waals surface area contributed by atoms with E-state index in [1.165, 1.54) is 19.3 Å². The van der Waals surface area contributed by atoms with Crippen LogP contribution in [0.2, 0.25) is 0 Å². The number of amides is 1. The molecule has 1 amide bonds. The van der Waals surface area contributed by atoms with Crippen LogP contribution in [0, 0.1) is 0 Å². The second-order valence-electron chi connectivity index (χ2n) is 5.59. The first kappa shape index (κ1) is 15.0. The summed E-state index contributed by atoms with van der Waals surface area (Å²) < 4.78 is 0. The van der Waals surface area contributed by atoms with Crippen LogP contribution in [0.4, 0.5) is 5.69 Å². The number of carbonyl (C=O) groups is 1. The molecule has 2 rings (SSSR count). The minimum Gasteiger partial charge on any atom is -0.325 e. The summed E-state index contributed by atoms with van der Waals surface area (Å²) in [5, 5.41) is 6.45. The number of nitrogens with zero attached hydrogens (tertiary/aromatic N) is 1. The van der Waals surface area contributed by atoms with E-state index in [0.717, 1.165) is 25.2 Å². The zero-order chi connectivity index (χ0) is 14.2. The lowest BCUT2D eigenvalue weighted by atomic mass is 10.0. The summed E-state index contributed by atoms with van der Waals surface area (Å²) in [4.78, 5) is 14.0. The minimum atomic E-state index is 0.0512. The fourth-order valence-electron chi connectivity index (χ4n) is 2.59. The molecular formula is C16H25N3O. The van der Waals surface area contributed by atoms with Crippen molar-refractivity contribution in [3.05, 3.63) is 30.3 Å². The highest BCUT2D eigenvalue weighted by Crippen LogP contribution is 2.10. The number of carbonyl (C=O) groups excluding carboxylic acids is 1. The van der Waals surface area contributed by atoms with Crippen molar-refractivity contribution >= 4 is 11.6 Å². The van der Waals surface area contributed by atoms with Crippen molar-refractivity contribution in [1.82, 2.24) is 10.2 Å². The predicted octanol–water partition coefficient (Wildman–Crippen LogP) is 2.09. The Morgan fingerprint density at radius 2 is 2.15 bits per heavy atom. The van der Waals surface area contributed by atoms with Crippen molar-refractivity contribution in [2.24, 2.45) is 0 Å². The Hall–Kier alpha value is -1.39. The Morgan fingerprint density at radius 1 is 1.35 bits per heavy atom. The van der Waals surface area contributed by atoms with Crippen molar-refractivity contribution in [2.45, 2.75) is 31.7 Å². The molecule has 0 aliphatic carbocycles. The van der Waals surface area contributed by atoms with Gasteiger partial charge in [0.2, 0.25) is 5.91 Å². The smallest absolute Gasteiger partial charge is 0.238 e. The fourth-order valence-corrected chi connectivity index (χ4v) is 2.59. The molecular weight excluding hydrogens is 250 g/mol. The van der Waals surface area contributed by atoms with Crippen molar-refractivity contribution in [2.75, 3.05) is 32.0 Å². The number of likely N-dealkylation sites (N-methyl/N-ethyl adjacent to an activating group) is 1. The highest BCUT2D eigenvalue weighted by molar-refractivity contribution is 5.92. The molecule has 2 N–H and O–H groups in total. The lowest BCUT2D eigenvalue weighted by Gasteiger charge is -2.25. The van der Waals surface area contributed by atoms with Gasteiger partial charge in [-0.15, -0.1) is 0 Å². The number of hydrogen-bond donors (Lipinski definition) is 2. The summed E-state index contributed by atoms with van der Waals surface area (Å²) in [5.41, 5.74) is 0.861. The zero-order valence-corrected chi connectivity index (χ0v) is 12.3. The molecule has 20 heavy (non-hydrogen) atoms. The summed E-state index contributed by atoms with van der Waals surface area (Å²) in [7, 11) is 2.01. The van der Waals surface area contributed by atoms with Gasteiger partial charge in [0.15, 0.2) is 0 Å². The Labute approximate surface area is 121 Å². The molecule has 1 aromatic carbocycles. The van der Waals surface area contributed by atoms with Gasteiger partial charge in [-0.05, 0) is 51.5 Å². The first-order chi connectivity index (χ1) is 9.74. The fraction of sp³-hybridized carbons (Fsp3) is 0.562. The van der Waals surface area contributed by atoms with Gasteiger partial charge in [0.05, 0.1) is 6.54 Å². The molecule has 0 radical (unpaired) electrons. The van der Waals surface area contributed by atoms with Crippen molar-refractivity contribution in [3.8, 4) is 0 Å². The Morgan fingerprint density at radius 3 is 2.85 bits per heavy atom. The molecule has 1 unspecified atom stereocenters. The molecule has 0 aromatic heterocycles. The van der Waals surface area contributed by atoms with Crippen LogP contribution in [0.15, 0.2) is 30.3 Å². The van der Waals surface area contributed by atoms with Gasteiger partial charge in [-0.2, -0.15) is 0 Å². The van der Waals surface area contributed by atoms with Crippen molar-refractivity contribution < 1.29 is 4.79 Å². The van der Waals surface area contributed by atoms with Crippen LogP contribution in [0.25, 0.3) is 0 Å². The Kier molecular flexibility index (Phi) is 6.02. The van der Waals surface area contributed by atoms with Crippen LogP contribution in [0.5, 0.6) is 0 Å². The maximum atomic E-state index is 11.9. The molecule has 4 nitrogen and oxygen atoms in total. The maximum absolute atomic E-state index is 11.9. The lowest BCUT2D eigenvalue weighted by molar-refractivity contribution is -0.117. The monoisotopic (exact) mass is 275 g/mol. The van der Waals surface area contributed by atoms with Crippen LogP contribution >= 0.6 is 0 Å². The van der Waals surface area contributed by atoms with E-state index in [-0.39, 0.29) is 5.91 Å². The average molecular weight is 275 g/mol. The molecule has 0 spiro atoms. The van der Waals surface area contributed by atoms with E-state index in [4.69, 9.17) is 0 Å². The highest BCUT2D eigenvalue weighted by atomic mass is 16.2. The van der Waals surface area contributed by atoms with Crippen LogP contribution in [0.3, 0.4) is 0 Å². The Balaban J connectivity index is 1.65. The second kappa shape index (κ2) is 8.02. The number of benzene rings is 1.